The number of hydrogen-bond donors (Lipinski definition) is 1. The fourth-order valence-corrected chi connectivity index (χ4v) is 3.05. The van der Waals surface area contributed by atoms with Crippen LogP contribution in [0.4, 0.5) is 0 Å². The van der Waals surface area contributed by atoms with E-state index >= 15 is 0 Å². The summed E-state index contributed by atoms with van der Waals surface area (Å²) in [6.07, 6.45) is 5.13. The van der Waals surface area contributed by atoms with Crippen molar-refractivity contribution in [1.82, 2.24) is 10.3 Å². The highest BCUT2D eigenvalue weighted by molar-refractivity contribution is 6.31. The fraction of sp³-hybridized carbons (Fsp3) is 0.353. The SMILES string of the molecule is CNCc1cnc(OC2CCCc3ccccc32)c(Cl)c1. The molecule has 1 aliphatic carbocycles. The molecule has 2 aromatic rings. The van der Waals surface area contributed by atoms with Crippen molar-refractivity contribution in [3.63, 3.8) is 0 Å². The molecule has 21 heavy (non-hydrogen) atoms. The van der Waals surface area contributed by atoms with Crippen molar-refractivity contribution < 1.29 is 4.74 Å². The summed E-state index contributed by atoms with van der Waals surface area (Å²) >= 11 is 6.30. The standard InChI is InChI=1S/C17H19ClN2O/c1-19-10-12-9-15(18)17(20-11-12)21-16-8-4-6-13-5-2-3-7-14(13)16/h2-3,5,7,9,11,16,19H,4,6,8,10H2,1H3. The maximum atomic E-state index is 6.30. The molecule has 1 N–H and O–H groups in total. The highest BCUT2D eigenvalue weighted by Gasteiger charge is 2.22. The van der Waals surface area contributed by atoms with Crippen LogP contribution in [0, 0.1) is 0 Å². The van der Waals surface area contributed by atoms with E-state index in [0.29, 0.717) is 10.9 Å². The Labute approximate surface area is 130 Å². The van der Waals surface area contributed by atoms with E-state index in [4.69, 9.17) is 16.3 Å². The van der Waals surface area contributed by atoms with E-state index in [1.807, 2.05) is 19.3 Å². The summed E-state index contributed by atoms with van der Waals surface area (Å²) in [6, 6.07) is 10.4. The Balaban J connectivity index is 1.81. The van der Waals surface area contributed by atoms with Crippen molar-refractivity contribution in [3.05, 3.63) is 58.2 Å². The quantitative estimate of drug-likeness (QED) is 0.930. The molecule has 4 heteroatoms. The molecule has 3 rings (SSSR count). The number of benzene rings is 1. The maximum Gasteiger partial charge on any atom is 0.233 e. The molecular formula is C17H19ClN2O. The van der Waals surface area contributed by atoms with Gasteiger partial charge in [0.1, 0.15) is 11.1 Å². The molecule has 1 aromatic carbocycles. The van der Waals surface area contributed by atoms with Crippen molar-refractivity contribution in [2.24, 2.45) is 0 Å². The van der Waals surface area contributed by atoms with E-state index in [9.17, 15) is 0 Å². The topological polar surface area (TPSA) is 34.2 Å². The van der Waals surface area contributed by atoms with E-state index < -0.39 is 0 Å². The summed E-state index contributed by atoms with van der Waals surface area (Å²) in [4.78, 5) is 4.37. The fourth-order valence-electron chi connectivity index (χ4n) is 2.82. The number of nitrogens with zero attached hydrogens (tertiary/aromatic N) is 1. The normalized spacial score (nSPS) is 17.3. The minimum atomic E-state index is 0.0510. The lowest BCUT2D eigenvalue weighted by atomic mass is 9.89. The minimum absolute atomic E-state index is 0.0510. The van der Waals surface area contributed by atoms with Gasteiger partial charge in [0, 0.05) is 12.7 Å². The first-order valence-electron chi connectivity index (χ1n) is 7.31. The average molecular weight is 303 g/mol. The van der Waals surface area contributed by atoms with Crippen LogP contribution < -0.4 is 10.1 Å². The second-order valence-corrected chi connectivity index (χ2v) is 5.77. The Morgan fingerprint density at radius 2 is 2.24 bits per heavy atom. The molecule has 0 spiro atoms. The van der Waals surface area contributed by atoms with Crippen LogP contribution in [0.25, 0.3) is 0 Å². The first-order chi connectivity index (χ1) is 10.3. The summed E-state index contributed by atoms with van der Waals surface area (Å²) in [6.45, 7) is 0.749. The van der Waals surface area contributed by atoms with Crippen LogP contribution in [0.3, 0.4) is 0 Å². The van der Waals surface area contributed by atoms with Gasteiger partial charge in [-0.25, -0.2) is 4.98 Å². The zero-order chi connectivity index (χ0) is 14.7. The molecule has 1 aromatic heterocycles. The summed E-state index contributed by atoms with van der Waals surface area (Å²) in [5, 5.41) is 3.66. The molecule has 1 heterocycles. The lowest BCUT2D eigenvalue weighted by Crippen LogP contribution is -2.16. The Hall–Kier alpha value is -1.58. The van der Waals surface area contributed by atoms with E-state index in [2.05, 4.69) is 34.6 Å². The van der Waals surface area contributed by atoms with Crippen LogP contribution in [-0.2, 0) is 13.0 Å². The van der Waals surface area contributed by atoms with Gasteiger partial charge in [-0.2, -0.15) is 0 Å². The number of aromatic nitrogens is 1. The zero-order valence-electron chi connectivity index (χ0n) is 12.1. The molecule has 110 valence electrons. The van der Waals surface area contributed by atoms with Gasteiger partial charge < -0.3 is 10.1 Å². The van der Waals surface area contributed by atoms with Gasteiger partial charge in [-0.15, -0.1) is 0 Å². The van der Waals surface area contributed by atoms with Gasteiger partial charge in [-0.1, -0.05) is 35.9 Å². The van der Waals surface area contributed by atoms with E-state index in [0.717, 1.165) is 31.4 Å². The van der Waals surface area contributed by atoms with Gasteiger partial charge in [0.05, 0.1) is 0 Å². The third kappa shape index (κ3) is 3.20. The molecule has 3 nitrogen and oxygen atoms in total. The summed E-state index contributed by atoms with van der Waals surface area (Å²) in [5.41, 5.74) is 3.69. The molecule has 0 fully saturated rings. The number of nitrogens with one attached hydrogen (secondary N) is 1. The van der Waals surface area contributed by atoms with Gasteiger partial charge in [-0.3, -0.25) is 0 Å². The second kappa shape index (κ2) is 6.46. The van der Waals surface area contributed by atoms with Gasteiger partial charge in [0.15, 0.2) is 0 Å². The summed E-state index contributed by atoms with van der Waals surface area (Å²) in [5.74, 6) is 0.526. The third-order valence-electron chi connectivity index (χ3n) is 3.81. The Bertz CT molecular complexity index is 630. The number of aryl methyl sites for hydroxylation is 1. The molecule has 0 aliphatic heterocycles. The van der Waals surface area contributed by atoms with Crippen molar-refractivity contribution in [1.29, 1.82) is 0 Å². The van der Waals surface area contributed by atoms with Crippen molar-refractivity contribution in [2.45, 2.75) is 31.9 Å². The monoisotopic (exact) mass is 302 g/mol. The molecule has 1 unspecified atom stereocenters. The van der Waals surface area contributed by atoms with Crippen LogP contribution in [0.2, 0.25) is 5.02 Å². The number of hydrogen-bond acceptors (Lipinski definition) is 3. The molecule has 0 saturated heterocycles. The smallest absolute Gasteiger partial charge is 0.233 e. The summed E-state index contributed by atoms with van der Waals surface area (Å²) < 4.78 is 6.08. The zero-order valence-corrected chi connectivity index (χ0v) is 12.9. The number of rotatable bonds is 4. The van der Waals surface area contributed by atoms with Crippen LogP contribution in [0.15, 0.2) is 36.5 Å². The van der Waals surface area contributed by atoms with Gasteiger partial charge in [-0.05, 0) is 49.1 Å². The number of pyridine rings is 1. The molecule has 0 radical (unpaired) electrons. The minimum Gasteiger partial charge on any atom is -0.468 e. The Morgan fingerprint density at radius 1 is 1.38 bits per heavy atom. The van der Waals surface area contributed by atoms with Crippen molar-refractivity contribution in [3.8, 4) is 5.88 Å². The Kier molecular flexibility index (Phi) is 4.42. The van der Waals surface area contributed by atoms with Crippen LogP contribution in [0.5, 0.6) is 5.88 Å². The number of fused-ring (bicyclic) bond motifs is 1. The second-order valence-electron chi connectivity index (χ2n) is 5.36. The molecule has 0 amide bonds. The van der Waals surface area contributed by atoms with E-state index in [1.165, 1.54) is 11.1 Å². The molecule has 0 saturated carbocycles. The molecule has 1 aliphatic rings. The van der Waals surface area contributed by atoms with E-state index in [1.54, 1.807) is 0 Å². The summed E-state index contributed by atoms with van der Waals surface area (Å²) in [7, 11) is 1.90. The maximum absolute atomic E-state index is 6.30. The first-order valence-corrected chi connectivity index (χ1v) is 7.69. The lowest BCUT2D eigenvalue weighted by molar-refractivity contribution is 0.176. The van der Waals surface area contributed by atoms with Crippen LogP contribution >= 0.6 is 11.6 Å². The van der Waals surface area contributed by atoms with Crippen LogP contribution in [-0.4, -0.2) is 12.0 Å². The predicted molar refractivity (Wildman–Crippen MR) is 84.8 cm³/mol. The number of ether oxygens (including phenoxy) is 1. The third-order valence-corrected chi connectivity index (χ3v) is 4.08. The first kappa shape index (κ1) is 14.4. The number of halogens is 1. The highest BCUT2D eigenvalue weighted by atomic mass is 35.5. The molecule has 1 atom stereocenters. The van der Waals surface area contributed by atoms with Crippen molar-refractivity contribution >= 4 is 11.6 Å². The van der Waals surface area contributed by atoms with Gasteiger partial charge in [0.25, 0.3) is 0 Å². The molecular weight excluding hydrogens is 284 g/mol. The average Bonchev–Trinajstić information content (AvgIpc) is 2.51. The van der Waals surface area contributed by atoms with Gasteiger partial charge >= 0.3 is 0 Å². The van der Waals surface area contributed by atoms with E-state index in [-0.39, 0.29) is 6.10 Å². The lowest BCUT2D eigenvalue weighted by Gasteiger charge is -2.26. The van der Waals surface area contributed by atoms with Gasteiger partial charge in [0.2, 0.25) is 5.88 Å². The molecule has 0 bridgehead atoms. The highest BCUT2D eigenvalue weighted by Crippen LogP contribution is 2.35. The largest absolute Gasteiger partial charge is 0.468 e. The van der Waals surface area contributed by atoms with Crippen molar-refractivity contribution in [2.75, 3.05) is 7.05 Å². The van der Waals surface area contributed by atoms with Crippen LogP contribution in [0.1, 0.15) is 35.6 Å². The Morgan fingerprint density at radius 3 is 3.05 bits per heavy atom. The predicted octanol–water partition coefficient (Wildman–Crippen LogP) is 3.91.